The monoisotopic (exact) mass is 352 g/mol. The lowest BCUT2D eigenvalue weighted by Gasteiger charge is -2.42. The molecule has 1 aliphatic rings. The van der Waals surface area contributed by atoms with Gasteiger partial charge in [0.2, 0.25) is 0 Å². The standard InChI is InChI=1S/C22H28N2O2/c1-5-15(3)24-21(23-19-13-9-7-11-17(19)22(24)25)18-12-8-10-14-20(18)26-16(4)6-2/h7-16,21,23H,5-6H2,1-4H3. The molecule has 0 saturated carbocycles. The van der Waals surface area contributed by atoms with E-state index in [1.807, 2.05) is 53.4 Å². The molecule has 0 aromatic heterocycles. The Morgan fingerprint density at radius 2 is 1.73 bits per heavy atom. The van der Waals surface area contributed by atoms with Crippen molar-refractivity contribution in [3.8, 4) is 5.75 Å². The quantitative estimate of drug-likeness (QED) is 0.774. The van der Waals surface area contributed by atoms with Crippen LogP contribution in [0.3, 0.4) is 0 Å². The maximum absolute atomic E-state index is 13.2. The molecule has 0 saturated heterocycles. The van der Waals surface area contributed by atoms with Gasteiger partial charge in [0.05, 0.1) is 11.7 Å². The van der Waals surface area contributed by atoms with E-state index in [2.05, 4.69) is 33.0 Å². The van der Waals surface area contributed by atoms with Crippen LogP contribution in [0, 0.1) is 0 Å². The molecule has 2 aromatic carbocycles. The number of benzene rings is 2. The minimum atomic E-state index is -0.243. The summed E-state index contributed by atoms with van der Waals surface area (Å²) in [5.41, 5.74) is 2.60. The van der Waals surface area contributed by atoms with Crippen molar-refractivity contribution in [3.05, 3.63) is 59.7 Å². The molecule has 1 heterocycles. The lowest BCUT2D eigenvalue weighted by atomic mass is 10.00. The van der Waals surface area contributed by atoms with Crippen LogP contribution < -0.4 is 10.1 Å². The first-order chi connectivity index (χ1) is 12.6. The first-order valence-corrected chi connectivity index (χ1v) is 9.50. The Kier molecular flexibility index (Phi) is 5.50. The summed E-state index contributed by atoms with van der Waals surface area (Å²) in [5.74, 6) is 0.900. The van der Waals surface area contributed by atoms with Crippen LogP contribution in [0.4, 0.5) is 5.69 Å². The van der Waals surface area contributed by atoms with Crippen molar-refractivity contribution in [3.63, 3.8) is 0 Å². The molecule has 0 bridgehead atoms. The summed E-state index contributed by atoms with van der Waals surface area (Å²) in [7, 11) is 0. The summed E-state index contributed by atoms with van der Waals surface area (Å²) in [4.78, 5) is 15.2. The van der Waals surface area contributed by atoms with Crippen LogP contribution in [0.2, 0.25) is 0 Å². The molecule has 1 N–H and O–H groups in total. The van der Waals surface area contributed by atoms with Gasteiger partial charge >= 0.3 is 0 Å². The Hall–Kier alpha value is -2.49. The Balaban J connectivity index is 2.06. The van der Waals surface area contributed by atoms with E-state index in [4.69, 9.17) is 4.74 Å². The third-order valence-corrected chi connectivity index (χ3v) is 5.14. The van der Waals surface area contributed by atoms with Crippen LogP contribution in [0.15, 0.2) is 48.5 Å². The Morgan fingerprint density at radius 3 is 2.46 bits per heavy atom. The molecule has 0 radical (unpaired) electrons. The maximum Gasteiger partial charge on any atom is 0.258 e. The molecule has 3 rings (SSSR count). The van der Waals surface area contributed by atoms with Crippen molar-refractivity contribution in [1.82, 2.24) is 4.90 Å². The van der Waals surface area contributed by atoms with Gasteiger partial charge in [-0.25, -0.2) is 0 Å². The number of hydrogen-bond acceptors (Lipinski definition) is 3. The Morgan fingerprint density at radius 1 is 1.04 bits per heavy atom. The van der Waals surface area contributed by atoms with E-state index in [1.165, 1.54) is 0 Å². The number of rotatable bonds is 6. The van der Waals surface area contributed by atoms with E-state index < -0.39 is 0 Å². The Bertz CT molecular complexity index is 774. The van der Waals surface area contributed by atoms with Crippen molar-refractivity contribution in [2.24, 2.45) is 0 Å². The van der Waals surface area contributed by atoms with Gasteiger partial charge in [-0.05, 0) is 44.9 Å². The van der Waals surface area contributed by atoms with Crippen molar-refractivity contribution < 1.29 is 9.53 Å². The van der Waals surface area contributed by atoms with Crippen LogP contribution in [-0.2, 0) is 0 Å². The smallest absolute Gasteiger partial charge is 0.258 e. The summed E-state index contributed by atoms with van der Waals surface area (Å²) in [6, 6.07) is 15.8. The highest BCUT2D eigenvalue weighted by Gasteiger charge is 2.36. The molecular weight excluding hydrogens is 324 g/mol. The van der Waals surface area contributed by atoms with E-state index in [1.54, 1.807) is 0 Å². The minimum Gasteiger partial charge on any atom is -0.490 e. The molecule has 1 amide bonds. The van der Waals surface area contributed by atoms with Gasteiger partial charge < -0.3 is 15.0 Å². The SMILES string of the molecule is CCC(C)Oc1ccccc1C1Nc2ccccc2C(=O)N1C(C)CC. The first kappa shape index (κ1) is 18.3. The molecule has 0 spiro atoms. The fraction of sp³-hybridized carbons (Fsp3) is 0.409. The number of carbonyl (C=O) groups excluding carboxylic acids is 1. The van der Waals surface area contributed by atoms with Crippen molar-refractivity contribution >= 4 is 11.6 Å². The maximum atomic E-state index is 13.2. The normalized spacial score (nSPS) is 18.7. The lowest BCUT2D eigenvalue weighted by molar-refractivity contribution is 0.0589. The van der Waals surface area contributed by atoms with Crippen LogP contribution in [0.1, 0.15) is 62.6 Å². The number of nitrogens with one attached hydrogen (secondary N) is 1. The van der Waals surface area contributed by atoms with Gasteiger partial charge in [-0.3, -0.25) is 4.79 Å². The number of ether oxygens (including phenoxy) is 1. The fourth-order valence-electron chi connectivity index (χ4n) is 3.26. The van der Waals surface area contributed by atoms with E-state index in [9.17, 15) is 4.79 Å². The van der Waals surface area contributed by atoms with Gasteiger partial charge in [-0.15, -0.1) is 0 Å². The van der Waals surface area contributed by atoms with Crippen LogP contribution in [0.25, 0.3) is 0 Å². The summed E-state index contributed by atoms with van der Waals surface area (Å²) in [6.45, 7) is 8.38. The van der Waals surface area contributed by atoms with Gasteiger partial charge in [0.1, 0.15) is 11.9 Å². The van der Waals surface area contributed by atoms with E-state index in [0.717, 1.165) is 35.4 Å². The molecule has 4 nitrogen and oxygen atoms in total. The molecule has 0 aliphatic carbocycles. The predicted octanol–water partition coefficient (Wildman–Crippen LogP) is 5.23. The van der Waals surface area contributed by atoms with Crippen molar-refractivity contribution in [2.45, 2.75) is 58.8 Å². The number of carbonyl (C=O) groups is 1. The zero-order valence-electron chi connectivity index (χ0n) is 16.0. The second-order valence-corrected chi connectivity index (χ2v) is 6.94. The third-order valence-electron chi connectivity index (χ3n) is 5.14. The lowest BCUT2D eigenvalue weighted by Crippen LogP contribution is -2.47. The molecule has 0 fully saturated rings. The van der Waals surface area contributed by atoms with Crippen LogP contribution in [-0.4, -0.2) is 23.0 Å². The number of fused-ring (bicyclic) bond motifs is 1. The van der Waals surface area contributed by atoms with E-state index in [-0.39, 0.29) is 24.2 Å². The second kappa shape index (κ2) is 7.81. The highest BCUT2D eigenvalue weighted by molar-refractivity contribution is 6.02. The zero-order valence-corrected chi connectivity index (χ0v) is 16.0. The average Bonchev–Trinajstić information content (AvgIpc) is 2.67. The van der Waals surface area contributed by atoms with Gasteiger partial charge in [-0.2, -0.15) is 0 Å². The summed E-state index contributed by atoms with van der Waals surface area (Å²) >= 11 is 0. The molecule has 1 aliphatic heterocycles. The third kappa shape index (κ3) is 3.41. The van der Waals surface area contributed by atoms with Gasteiger partial charge in [-0.1, -0.05) is 44.2 Å². The molecule has 4 heteroatoms. The van der Waals surface area contributed by atoms with Crippen LogP contribution >= 0.6 is 0 Å². The second-order valence-electron chi connectivity index (χ2n) is 6.94. The minimum absolute atomic E-state index is 0.0667. The van der Waals surface area contributed by atoms with E-state index in [0.29, 0.717) is 0 Å². The predicted molar refractivity (Wildman–Crippen MR) is 106 cm³/mol. The van der Waals surface area contributed by atoms with Gasteiger partial charge in [0, 0.05) is 17.3 Å². The largest absolute Gasteiger partial charge is 0.490 e. The van der Waals surface area contributed by atoms with Gasteiger partial charge in [0.15, 0.2) is 0 Å². The average molecular weight is 352 g/mol. The molecule has 138 valence electrons. The number of amides is 1. The van der Waals surface area contributed by atoms with Crippen molar-refractivity contribution in [1.29, 1.82) is 0 Å². The van der Waals surface area contributed by atoms with Crippen LogP contribution in [0.5, 0.6) is 5.75 Å². The highest BCUT2D eigenvalue weighted by Crippen LogP contribution is 2.38. The molecule has 2 aromatic rings. The summed E-state index contributed by atoms with van der Waals surface area (Å²) in [6.07, 6.45) is 1.70. The number of hydrogen-bond donors (Lipinski definition) is 1. The van der Waals surface area contributed by atoms with Crippen molar-refractivity contribution in [2.75, 3.05) is 5.32 Å². The molecular formula is C22H28N2O2. The first-order valence-electron chi connectivity index (χ1n) is 9.50. The van der Waals surface area contributed by atoms with Gasteiger partial charge in [0.25, 0.3) is 5.91 Å². The number of anilines is 1. The topological polar surface area (TPSA) is 41.6 Å². The highest BCUT2D eigenvalue weighted by atomic mass is 16.5. The number of para-hydroxylation sites is 2. The Labute approximate surface area is 156 Å². The molecule has 3 unspecified atom stereocenters. The summed E-state index contributed by atoms with van der Waals surface area (Å²) in [5, 5.41) is 3.57. The molecule has 26 heavy (non-hydrogen) atoms. The fourth-order valence-corrected chi connectivity index (χ4v) is 3.26. The zero-order chi connectivity index (χ0) is 18.7. The van der Waals surface area contributed by atoms with E-state index >= 15 is 0 Å². The molecule has 3 atom stereocenters. The number of nitrogens with zero attached hydrogens (tertiary/aromatic N) is 1. The summed E-state index contributed by atoms with van der Waals surface area (Å²) < 4.78 is 6.15.